The van der Waals surface area contributed by atoms with Gasteiger partial charge in [0, 0.05) is 35.4 Å². The quantitative estimate of drug-likeness (QED) is 0.259. The maximum atomic E-state index is 15.4. The van der Waals surface area contributed by atoms with Crippen molar-refractivity contribution in [3.8, 4) is 28.4 Å². The molecule has 0 unspecified atom stereocenters. The summed E-state index contributed by atoms with van der Waals surface area (Å²) < 4.78 is 39.1. The number of nitrogens with two attached hydrogens (primary N) is 1. The Labute approximate surface area is 226 Å². The minimum Gasteiger partial charge on any atom is -0.436 e. The fraction of sp³-hybridized carbons (Fsp3) is 0.0345. The van der Waals surface area contributed by atoms with Gasteiger partial charge >= 0.3 is 0 Å². The van der Waals surface area contributed by atoms with Crippen LogP contribution in [0.15, 0.2) is 86.0 Å². The van der Waals surface area contributed by atoms with E-state index in [4.69, 9.17) is 10.5 Å². The molecule has 0 aliphatic rings. The summed E-state index contributed by atoms with van der Waals surface area (Å²) in [5, 5.41) is 2.98. The number of nitrogens with one attached hydrogen (secondary N) is 1. The molecule has 11 heteroatoms. The third-order valence-corrected chi connectivity index (χ3v) is 6.35. The van der Waals surface area contributed by atoms with E-state index in [0.29, 0.717) is 33.5 Å². The Bertz CT molecular complexity index is 1960. The molecule has 9 nitrogen and oxygen atoms in total. The van der Waals surface area contributed by atoms with Gasteiger partial charge in [0.25, 0.3) is 0 Å². The van der Waals surface area contributed by atoms with E-state index < -0.39 is 17.5 Å². The maximum absolute atomic E-state index is 15.4. The fourth-order valence-corrected chi connectivity index (χ4v) is 4.58. The Morgan fingerprint density at radius 2 is 1.93 bits per heavy atom. The summed E-state index contributed by atoms with van der Waals surface area (Å²) in [6.45, 7) is 5.22. The second kappa shape index (κ2) is 9.62. The lowest BCUT2D eigenvalue weighted by molar-refractivity contribution is -0.111. The van der Waals surface area contributed by atoms with Crippen molar-refractivity contribution in [2.75, 3.05) is 11.1 Å². The highest BCUT2D eigenvalue weighted by atomic mass is 19.1. The van der Waals surface area contributed by atoms with Crippen LogP contribution in [0.4, 0.5) is 20.3 Å². The Kier molecular flexibility index (Phi) is 5.95. The monoisotopic (exact) mass is 537 g/mol. The van der Waals surface area contributed by atoms with Crippen LogP contribution in [0.25, 0.3) is 33.5 Å². The number of pyridine rings is 1. The molecular formula is C29H21F2N7O2. The number of benzene rings is 2. The molecule has 0 aliphatic carbocycles. The first-order valence-electron chi connectivity index (χ1n) is 12.1. The van der Waals surface area contributed by atoms with E-state index >= 15 is 4.39 Å². The summed E-state index contributed by atoms with van der Waals surface area (Å²) in [4.78, 5) is 24.7. The largest absolute Gasteiger partial charge is 0.436 e. The van der Waals surface area contributed by atoms with Gasteiger partial charge in [-0.25, -0.2) is 23.7 Å². The number of hydrogen-bond acceptors (Lipinski definition) is 6. The van der Waals surface area contributed by atoms with Gasteiger partial charge in [0.2, 0.25) is 11.8 Å². The van der Waals surface area contributed by atoms with Crippen molar-refractivity contribution in [1.82, 2.24) is 23.9 Å². The minimum absolute atomic E-state index is 0.00218. The lowest BCUT2D eigenvalue weighted by Gasteiger charge is -2.11. The van der Waals surface area contributed by atoms with Crippen LogP contribution >= 0.6 is 0 Å². The molecule has 2 aromatic carbocycles. The summed E-state index contributed by atoms with van der Waals surface area (Å²) >= 11 is 0. The van der Waals surface area contributed by atoms with Crippen molar-refractivity contribution in [3.63, 3.8) is 0 Å². The number of carbonyl (C=O) groups excluding carboxylic acids is 1. The number of hydrogen-bond donors (Lipinski definition) is 2. The van der Waals surface area contributed by atoms with Gasteiger partial charge < -0.3 is 20.4 Å². The van der Waals surface area contributed by atoms with E-state index in [9.17, 15) is 9.18 Å². The number of amides is 1. The molecule has 6 aromatic rings. The molecule has 0 saturated carbocycles. The summed E-state index contributed by atoms with van der Waals surface area (Å²) in [5.41, 5.74) is 9.65. The van der Waals surface area contributed by atoms with E-state index in [1.807, 2.05) is 13.0 Å². The van der Waals surface area contributed by atoms with Crippen molar-refractivity contribution in [2.24, 2.45) is 0 Å². The van der Waals surface area contributed by atoms with Gasteiger partial charge in [-0.2, -0.15) is 0 Å². The molecule has 4 heterocycles. The van der Waals surface area contributed by atoms with Gasteiger partial charge in [-0.3, -0.25) is 9.20 Å². The molecule has 0 spiro atoms. The molecule has 0 bridgehead atoms. The topological polar surface area (TPSA) is 112 Å². The number of aryl methyl sites for hydroxylation is 1. The highest BCUT2D eigenvalue weighted by Crippen LogP contribution is 2.40. The van der Waals surface area contributed by atoms with E-state index in [-0.39, 0.29) is 23.1 Å². The maximum Gasteiger partial charge on any atom is 0.247 e. The number of fused-ring (bicyclic) bond motifs is 3. The SMILES string of the molecule is C=CC(=O)Nc1cc(-n2ccn3c4ncnc(N)c4c(-c4ccc(Oc5cccc(C)n5)c(F)c4)c23)ccc1F. The number of ether oxygens (including phenoxy) is 1. The normalized spacial score (nSPS) is 11.2. The lowest BCUT2D eigenvalue weighted by atomic mass is 10.0. The molecule has 198 valence electrons. The van der Waals surface area contributed by atoms with Crippen LogP contribution in [0, 0.1) is 18.6 Å². The lowest BCUT2D eigenvalue weighted by Crippen LogP contribution is -2.09. The highest BCUT2D eigenvalue weighted by molar-refractivity contribution is 6.08. The zero-order valence-electron chi connectivity index (χ0n) is 21.1. The van der Waals surface area contributed by atoms with Crippen molar-refractivity contribution < 1.29 is 18.3 Å². The number of nitrogens with zero attached hydrogens (tertiary/aromatic N) is 5. The molecule has 0 fully saturated rings. The van der Waals surface area contributed by atoms with E-state index in [1.165, 1.54) is 30.6 Å². The first kappa shape index (κ1) is 24.7. The van der Waals surface area contributed by atoms with Gasteiger partial charge in [0.15, 0.2) is 17.2 Å². The van der Waals surface area contributed by atoms with E-state index in [0.717, 1.165) is 11.8 Å². The minimum atomic E-state index is -0.613. The third-order valence-electron chi connectivity index (χ3n) is 6.35. The van der Waals surface area contributed by atoms with Crippen LogP contribution in [-0.2, 0) is 4.79 Å². The van der Waals surface area contributed by atoms with Gasteiger partial charge in [-0.1, -0.05) is 18.7 Å². The van der Waals surface area contributed by atoms with Crippen LogP contribution < -0.4 is 15.8 Å². The van der Waals surface area contributed by atoms with E-state index in [2.05, 4.69) is 26.8 Å². The summed E-state index contributed by atoms with van der Waals surface area (Å²) in [7, 11) is 0. The van der Waals surface area contributed by atoms with Crippen LogP contribution in [-0.4, -0.2) is 29.8 Å². The van der Waals surface area contributed by atoms with Gasteiger partial charge in [0.05, 0.1) is 11.1 Å². The number of imidazole rings is 1. The Hall–Kier alpha value is -5.58. The first-order valence-corrected chi connectivity index (χ1v) is 12.1. The number of anilines is 2. The second-order valence-corrected chi connectivity index (χ2v) is 8.92. The average Bonchev–Trinajstić information content (AvgIpc) is 3.50. The van der Waals surface area contributed by atoms with E-state index in [1.54, 1.807) is 45.6 Å². The van der Waals surface area contributed by atoms with Crippen molar-refractivity contribution in [3.05, 3.63) is 103 Å². The van der Waals surface area contributed by atoms with Crippen LogP contribution in [0.3, 0.4) is 0 Å². The predicted octanol–water partition coefficient (Wildman–Crippen LogP) is 5.82. The zero-order chi connectivity index (χ0) is 28.0. The number of aromatic nitrogens is 5. The average molecular weight is 538 g/mol. The Morgan fingerprint density at radius 1 is 1.07 bits per heavy atom. The zero-order valence-corrected chi connectivity index (χ0v) is 21.1. The summed E-state index contributed by atoms with van der Waals surface area (Å²) in [6.07, 6.45) is 5.91. The van der Waals surface area contributed by atoms with Gasteiger partial charge in [0.1, 0.15) is 23.6 Å². The fourth-order valence-electron chi connectivity index (χ4n) is 4.58. The van der Waals surface area contributed by atoms with Crippen LogP contribution in [0.2, 0.25) is 0 Å². The second-order valence-electron chi connectivity index (χ2n) is 8.92. The summed E-state index contributed by atoms with van der Waals surface area (Å²) in [5.74, 6) is -1.30. The molecule has 6 rings (SSSR count). The molecule has 3 N–H and O–H groups in total. The highest BCUT2D eigenvalue weighted by Gasteiger charge is 2.23. The van der Waals surface area contributed by atoms with Crippen molar-refractivity contribution >= 4 is 34.1 Å². The van der Waals surface area contributed by atoms with Crippen molar-refractivity contribution in [2.45, 2.75) is 6.92 Å². The number of carbonyl (C=O) groups is 1. The van der Waals surface area contributed by atoms with Crippen LogP contribution in [0.5, 0.6) is 11.6 Å². The molecule has 1 amide bonds. The van der Waals surface area contributed by atoms with Gasteiger partial charge in [-0.05, 0) is 55.0 Å². The third kappa shape index (κ3) is 4.19. The molecule has 0 aliphatic heterocycles. The molecule has 40 heavy (non-hydrogen) atoms. The molecule has 0 radical (unpaired) electrons. The molecule has 0 saturated heterocycles. The summed E-state index contributed by atoms with van der Waals surface area (Å²) in [6, 6.07) is 14.1. The van der Waals surface area contributed by atoms with Crippen LogP contribution in [0.1, 0.15) is 5.69 Å². The number of rotatable bonds is 6. The first-order chi connectivity index (χ1) is 19.3. The van der Waals surface area contributed by atoms with Gasteiger partial charge in [-0.15, -0.1) is 0 Å². The molecule has 4 aromatic heterocycles. The van der Waals surface area contributed by atoms with Crippen molar-refractivity contribution in [1.29, 1.82) is 0 Å². The Morgan fingerprint density at radius 3 is 2.70 bits per heavy atom. The standard InChI is InChI=1S/C29H21F2N7O2/c1-3-23(39)36-21-14-18(8-9-19(21)30)37-11-12-38-28-26(27(32)33-15-34-28)25(29(37)38)17-7-10-22(20(31)13-17)40-24-6-4-5-16(2)35-24/h3-15H,1H2,2H3,(H,36,39)(H2,32,33,34). The number of nitrogen functional groups attached to an aromatic ring is 1. The molecular weight excluding hydrogens is 516 g/mol. The smallest absolute Gasteiger partial charge is 0.247 e. The Balaban J connectivity index is 1.53. The molecule has 0 atom stereocenters. The number of halogens is 2. The predicted molar refractivity (Wildman–Crippen MR) is 147 cm³/mol.